The van der Waals surface area contributed by atoms with Gasteiger partial charge in [0.15, 0.2) is 11.5 Å². The van der Waals surface area contributed by atoms with E-state index in [0.717, 1.165) is 5.56 Å². The molecular formula is C13H17N3O4S. The lowest BCUT2D eigenvalue weighted by Crippen LogP contribution is -2.21. The van der Waals surface area contributed by atoms with Crippen molar-refractivity contribution in [1.29, 1.82) is 0 Å². The Hall–Kier alpha value is -1.90. The minimum atomic E-state index is 0.267. The average Bonchev–Trinajstić information content (AvgIpc) is 2.87. The number of methoxy groups -OCH3 is 2. The molecule has 0 aliphatic heterocycles. The molecule has 0 N–H and O–H groups in total. The SMILES string of the molecule is COc1ccc(-c2nn(CN(C)OC)c(=S)o2)cc1OC. The second-order valence-electron chi connectivity index (χ2n) is 4.19. The van der Waals surface area contributed by atoms with Crippen molar-refractivity contribution in [3.8, 4) is 23.0 Å². The lowest BCUT2D eigenvalue weighted by atomic mass is 10.2. The Bertz CT molecular complexity index is 668. The third-order valence-corrected chi connectivity index (χ3v) is 3.18. The van der Waals surface area contributed by atoms with E-state index in [2.05, 4.69) is 5.10 Å². The summed E-state index contributed by atoms with van der Waals surface area (Å²) >= 11 is 5.14. The molecular weight excluding hydrogens is 294 g/mol. The Morgan fingerprint density at radius 1 is 1.24 bits per heavy atom. The van der Waals surface area contributed by atoms with E-state index >= 15 is 0 Å². The molecule has 0 aliphatic carbocycles. The smallest absolute Gasteiger partial charge is 0.288 e. The third kappa shape index (κ3) is 3.41. The molecule has 0 aliphatic rings. The first-order valence-electron chi connectivity index (χ1n) is 6.14. The van der Waals surface area contributed by atoms with E-state index in [1.54, 1.807) is 45.6 Å². The molecule has 0 spiro atoms. The lowest BCUT2D eigenvalue weighted by molar-refractivity contribution is -0.134. The van der Waals surface area contributed by atoms with E-state index in [1.807, 2.05) is 6.07 Å². The topological polar surface area (TPSA) is 61.9 Å². The molecule has 114 valence electrons. The predicted molar refractivity (Wildman–Crippen MR) is 78.6 cm³/mol. The van der Waals surface area contributed by atoms with Crippen LogP contribution in [-0.4, -0.2) is 43.2 Å². The summed E-state index contributed by atoms with van der Waals surface area (Å²) in [6.07, 6.45) is 0. The third-order valence-electron chi connectivity index (χ3n) is 2.88. The molecule has 21 heavy (non-hydrogen) atoms. The highest BCUT2D eigenvalue weighted by Gasteiger charge is 2.12. The van der Waals surface area contributed by atoms with Crippen LogP contribution in [0.1, 0.15) is 0 Å². The number of nitrogens with zero attached hydrogens (tertiary/aromatic N) is 3. The predicted octanol–water partition coefficient (Wildman–Crippen LogP) is 2.34. The van der Waals surface area contributed by atoms with Crippen molar-refractivity contribution in [2.75, 3.05) is 28.4 Å². The maximum atomic E-state index is 5.51. The summed E-state index contributed by atoms with van der Waals surface area (Å²) in [4.78, 5) is 5.31. The van der Waals surface area contributed by atoms with E-state index in [1.165, 1.54) is 4.68 Å². The Morgan fingerprint density at radius 2 is 1.95 bits per heavy atom. The zero-order valence-corrected chi connectivity index (χ0v) is 13.1. The van der Waals surface area contributed by atoms with Gasteiger partial charge in [-0.25, -0.2) is 4.68 Å². The fourth-order valence-corrected chi connectivity index (χ4v) is 1.91. The summed E-state index contributed by atoms with van der Waals surface area (Å²) in [5, 5.41) is 5.91. The monoisotopic (exact) mass is 311 g/mol. The van der Waals surface area contributed by atoms with Gasteiger partial charge in [0, 0.05) is 12.6 Å². The minimum absolute atomic E-state index is 0.267. The van der Waals surface area contributed by atoms with Crippen LogP contribution in [0.3, 0.4) is 0 Å². The zero-order chi connectivity index (χ0) is 15.4. The van der Waals surface area contributed by atoms with Crippen molar-refractivity contribution >= 4 is 12.2 Å². The number of rotatable bonds is 6. The van der Waals surface area contributed by atoms with Crippen LogP contribution in [0.25, 0.3) is 11.5 Å². The normalized spacial score (nSPS) is 10.9. The summed E-state index contributed by atoms with van der Waals surface area (Å²) in [5.41, 5.74) is 0.748. The van der Waals surface area contributed by atoms with Gasteiger partial charge in [0.25, 0.3) is 4.84 Å². The lowest BCUT2D eigenvalue weighted by Gasteiger charge is -2.11. The first-order chi connectivity index (χ1) is 10.1. The quantitative estimate of drug-likeness (QED) is 0.599. The molecule has 0 fully saturated rings. The first kappa shape index (κ1) is 15.5. The van der Waals surface area contributed by atoms with Crippen LogP contribution in [0.4, 0.5) is 0 Å². The summed E-state index contributed by atoms with van der Waals surface area (Å²) in [6, 6.07) is 5.39. The van der Waals surface area contributed by atoms with E-state index in [-0.39, 0.29) is 4.84 Å². The second kappa shape index (κ2) is 6.70. The molecule has 0 unspecified atom stereocenters. The van der Waals surface area contributed by atoms with Crippen LogP contribution in [-0.2, 0) is 11.5 Å². The molecule has 2 rings (SSSR count). The number of benzene rings is 1. The fourth-order valence-electron chi connectivity index (χ4n) is 1.73. The van der Waals surface area contributed by atoms with Crippen LogP contribution < -0.4 is 9.47 Å². The summed E-state index contributed by atoms with van der Waals surface area (Å²) < 4.78 is 17.5. The van der Waals surface area contributed by atoms with Crippen LogP contribution in [0, 0.1) is 4.84 Å². The van der Waals surface area contributed by atoms with E-state index < -0.39 is 0 Å². The molecule has 1 aromatic heterocycles. The van der Waals surface area contributed by atoms with Crippen molar-refractivity contribution < 1.29 is 18.7 Å². The minimum Gasteiger partial charge on any atom is -0.493 e. The maximum Gasteiger partial charge on any atom is 0.288 e. The Kier molecular flexibility index (Phi) is 4.94. The summed E-state index contributed by atoms with van der Waals surface area (Å²) in [7, 11) is 6.49. The largest absolute Gasteiger partial charge is 0.493 e. The molecule has 0 amide bonds. The van der Waals surface area contributed by atoms with Crippen LogP contribution in [0.2, 0.25) is 0 Å². The van der Waals surface area contributed by atoms with Crippen LogP contribution >= 0.6 is 12.2 Å². The van der Waals surface area contributed by atoms with Crippen molar-refractivity contribution in [3.63, 3.8) is 0 Å². The molecule has 1 aromatic carbocycles. The number of hydrogen-bond donors (Lipinski definition) is 0. The van der Waals surface area contributed by atoms with Crippen molar-refractivity contribution in [1.82, 2.24) is 14.8 Å². The molecule has 2 aromatic rings. The maximum absolute atomic E-state index is 5.51. The number of hydroxylamine groups is 2. The number of hydrogen-bond acceptors (Lipinski definition) is 7. The number of aromatic nitrogens is 2. The van der Waals surface area contributed by atoms with Crippen LogP contribution in [0.15, 0.2) is 22.6 Å². The van der Waals surface area contributed by atoms with Gasteiger partial charge in [0.05, 0.1) is 21.3 Å². The van der Waals surface area contributed by atoms with Gasteiger partial charge in [-0.05, 0) is 30.4 Å². The zero-order valence-electron chi connectivity index (χ0n) is 12.3. The van der Waals surface area contributed by atoms with Gasteiger partial charge in [-0.1, -0.05) is 0 Å². The molecule has 7 nitrogen and oxygen atoms in total. The van der Waals surface area contributed by atoms with E-state index in [4.69, 9.17) is 30.9 Å². The Balaban J connectivity index is 2.34. The van der Waals surface area contributed by atoms with Gasteiger partial charge in [0.2, 0.25) is 5.89 Å². The van der Waals surface area contributed by atoms with Gasteiger partial charge >= 0.3 is 0 Å². The fraction of sp³-hybridized carbons (Fsp3) is 0.385. The van der Waals surface area contributed by atoms with Gasteiger partial charge < -0.3 is 18.7 Å². The molecule has 1 heterocycles. The Labute approximate surface area is 127 Å². The molecule has 0 atom stereocenters. The van der Waals surface area contributed by atoms with Gasteiger partial charge in [-0.2, -0.15) is 5.06 Å². The second-order valence-corrected chi connectivity index (χ2v) is 4.54. The van der Waals surface area contributed by atoms with E-state index in [9.17, 15) is 0 Å². The highest BCUT2D eigenvalue weighted by molar-refractivity contribution is 7.71. The summed E-state index contributed by atoms with van der Waals surface area (Å²) in [6.45, 7) is 0.367. The molecule has 0 saturated carbocycles. The van der Waals surface area contributed by atoms with Gasteiger partial charge in [0.1, 0.15) is 6.67 Å². The van der Waals surface area contributed by atoms with Crippen molar-refractivity contribution in [2.24, 2.45) is 0 Å². The highest BCUT2D eigenvalue weighted by Crippen LogP contribution is 2.31. The standard InChI is InChI=1S/C13H17N3O4S/c1-15(19-4)8-16-13(21)20-12(14-16)9-5-6-10(17-2)11(7-9)18-3/h5-7H,8H2,1-4H3. The van der Waals surface area contributed by atoms with Crippen molar-refractivity contribution in [3.05, 3.63) is 23.0 Å². The number of ether oxygens (including phenoxy) is 2. The molecule has 8 heteroatoms. The average molecular weight is 311 g/mol. The Morgan fingerprint density at radius 3 is 2.57 bits per heavy atom. The van der Waals surface area contributed by atoms with Gasteiger partial charge in [-0.15, -0.1) is 5.10 Å². The van der Waals surface area contributed by atoms with Crippen molar-refractivity contribution in [2.45, 2.75) is 6.67 Å². The molecule has 0 bridgehead atoms. The highest BCUT2D eigenvalue weighted by atomic mass is 32.1. The molecule has 0 radical (unpaired) electrons. The summed E-state index contributed by atoms with van der Waals surface area (Å²) in [5.74, 6) is 1.64. The van der Waals surface area contributed by atoms with E-state index in [0.29, 0.717) is 24.1 Å². The van der Waals surface area contributed by atoms with Crippen LogP contribution in [0.5, 0.6) is 11.5 Å². The first-order valence-corrected chi connectivity index (χ1v) is 6.55. The van der Waals surface area contributed by atoms with Gasteiger partial charge in [-0.3, -0.25) is 0 Å². The molecule has 0 saturated heterocycles.